The van der Waals surface area contributed by atoms with Gasteiger partial charge in [0.25, 0.3) is 0 Å². The minimum absolute atomic E-state index is 0.723. The summed E-state index contributed by atoms with van der Waals surface area (Å²) in [5, 5.41) is 5.88. The van der Waals surface area contributed by atoms with Gasteiger partial charge >= 0.3 is 0 Å². The van der Waals surface area contributed by atoms with Gasteiger partial charge in [-0.3, -0.25) is 4.57 Å². The van der Waals surface area contributed by atoms with Crippen molar-refractivity contribution in [1.82, 2.24) is 14.5 Å². The van der Waals surface area contributed by atoms with E-state index in [9.17, 15) is 0 Å². The molecule has 0 spiro atoms. The molecule has 0 N–H and O–H groups in total. The predicted octanol–water partition coefficient (Wildman–Crippen LogP) is 9.21. The molecule has 0 bridgehead atoms. The Kier molecular flexibility index (Phi) is 4.82. The van der Waals surface area contributed by atoms with Crippen LogP contribution in [0.3, 0.4) is 0 Å². The molecule has 2 heterocycles. The van der Waals surface area contributed by atoms with E-state index in [0.717, 1.165) is 39.1 Å². The lowest BCUT2D eigenvalue weighted by Crippen LogP contribution is -2.02. The number of nitrogens with zero attached hydrogens (tertiary/aromatic N) is 3. The summed E-state index contributed by atoms with van der Waals surface area (Å²) >= 11 is 0. The molecule has 3 nitrogen and oxygen atoms in total. The van der Waals surface area contributed by atoms with Crippen LogP contribution in [0.2, 0.25) is 0 Å². The summed E-state index contributed by atoms with van der Waals surface area (Å²) in [6, 6.07) is 49.1. The van der Waals surface area contributed by atoms with Crippen molar-refractivity contribution in [2.75, 3.05) is 0 Å². The maximum Gasteiger partial charge on any atom is 0.162 e. The van der Waals surface area contributed by atoms with Crippen molar-refractivity contribution in [3.8, 4) is 28.3 Å². The van der Waals surface area contributed by atoms with Crippen molar-refractivity contribution in [2.24, 2.45) is 0 Å². The number of para-hydroxylation sites is 1. The number of aromatic nitrogens is 3. The average Bonchev–Trinajstić information content (AvgIpc) is 3.32. The summed E-state index contributed by atoms with van der Waals surface area (Å²) in [5.41, 5.74) is 6.60. The van der Waals surface area contributed by atoms with Crippen LogP contribution in [-0.2, 0) is 0 Å². The highest BCUT2D eigenvalue weighted by molar-refractivity contribution is 6.15. The van der Waals surface area contributed by atoms with Gasteiger partial charge < -0.3 is 0 Å². The monoisotopic (exact) mass is 497 g/mol. The van der Waals surface area contributed by atoms with Crippen molar-refractivity contribution in [3.05, 3.63) is 140 Å². The van der Waals surface area contributed by atoms with Gasteiger partial charge in [-0.2, -0.15) is 0 Å². The molecule has 8 rings (SSSR count). The topological polar surface area (TPSA) is 30.7 Å². The van der Waals surface area contributed by atoms with E-state index in [0.29, 0.717) is 0 Å². The van der Waals surface area contributed by atoms with Gasteiger partial charge in [0.15, 0.2) is 5.82 Å². The smallest absolute Gasteiger partial charge is 0.162 e. The zero-order valence-electron chi connectivity index (χ0n) is 21.1. The molecule has 0 aliphatic rings. The minimum Gasteiger partial charge on any atom is -0.293 e. The molecule has 0 unspecified atom stereocenters. The molecule has 0 saturated carbocycles. The lowest BCUT2D eigenvalue weighted by molar-refractivity contribution is 1.08. The van der Waals surface area contributed by atoms with Crippen LogP contribution < -0.4 is 0 Å². The Hall–Kier alpha value is -5.28. The second-order valence-electron chi connectivity index (χ2n) is 9.90. The van der Waals surface area contributed by atoms with Gasteiger partial charge in [0.2, 0.25) is 0 Å². The highest BCUT2D eigenvalue weighted by Crippen LogP contribution is 2.38. The first-order valence-electron chi connectivity index (χ1n) is 13.2. The fraction of sp³-hybridized carbons (Fsp3) is 0. The third-order valence-electron chi connectivity index (χ3n) is 7.57. The average molecular weight is 498 g/mol. The normalized spacial score (nSPS) is 11.6. The highest BCUT2D eigenvalue weighted by atomic mass is 15.1. The number of hydrogen-bond donors (Lipinski definition) is 0. The molecule has 2 aromatic heterocycles. The Bertz CT molecular complexity index is 2160. The van der Waals surface area contributed by atoms with Crippen molar-refractivity contribution in [2.45, 2.75) is 0 Å². The molecule has 3 heteroatoms. The second kappa shape index (κ2) is 8.64. The molecule has 8 aromatic rings. The van der Waals surface area contributed by atoms with E-state index in [4.69, 9.17) is 9.97 Å². The lowest BCUT2D eigenvalue weighted by atomic mass is 10.0. The summed E-state index contributed by atoms with van der Waals surface area (Å²) in [6.07, 6.45) is 0. The van der Waals surface area contributed by atoms with Crippen LogP contribution in [0, 0.1) is 0 Å². The molecular formula is C36H23N3. The van der Waals surface area contributed by atoms with Gasteiger partial charge in [-0.25, -0.2) is 9.97 Å². The number of benzene rings is 6. The lowest BCUT2D eigenvalue weighted by Gasteiger charge is -2.13. The van der Waals surface area contributed by atoms with E-state index in [1.54, 1.807) is 0 Å². The van der Waals surface area contributed by atoms with E-state index in [2.05, 4.69) is 120 Å². The van der Waals surface area contributed by atoms with Crippen LogP contribution in [0.25, 0.3) is 71.8 Å². The molecule has 39 heavy (non-hydrogen) atoms. The van der Waals surface area contributed by atoms with Crippen LogP contribution in [0.5, 0.6) is 0 Å². The Morgan fingerprint density at radius 2 is 1.05 bits per heavy atom. The van der Waals surface area contributed by atoms with E-state index >= 15 is 0 Å². The van der Waals surface area contributed by atoms with Crippen LogP contribution in [0.1, 0.15) is 0 Å². The molecular weight excluding hydrogens is 474 g/mol. The maximum absolute atomic E-state index is 5.23. The maximum atomic E-state index is 5.23. The Morgan fingerprint density at radius 1 is 0.410 bits per heavy atom. The standard InChI is InChI=1S/C36H23N3/c1-3-11-24(12-4-1)28-19-20-33-30(22-28)31-21-26-15-7-8-16-27(26)23-34(31)39(33)36-29-17-9-10-18-32(29)37-35(38-36)25-13-5-2-6-14-25/h1-23H. The Balaban J connectivity index is 1.51. The van der Waals surface area contributed by atoms with Crippen molar-refractivity contribution >= 4 is 43.5 Å². The predicted molar refractivity (Wildman–Crippen MR) is 162 cm³/mol. The van der Waals surface area contributed by atoms with Gasteiger partial charge in [0.05, 0.1) is 16.6 Å². The molecule has 0 atom stereocenters. The summed E-state index contributed by atoms with van der Waals surface area (Å²) in [5.74, 6) is 1.61. The van der Waals surface area contributed by atoms with E-state index in [1.807, 2.05) is 24.3 Å². The molecule has 0 amide bonds. The summed E-state index contributed by atoms with van der Waals surface area (Å²) in [7, 11) is 0. The fourth-order valence-electron chi connectivity index (χ4n) is 5.69. The summed E-state index contributed by atoms with van der Waals surface area (Å²) in [6.45, 7) is 0. The van der Waals surface area contributed by atoms with E-state index < -0.39 is 0 Å². The molecule has 0 radical (unpaired) electrons. The Labute approximate surface area is 225 Å². The second-order valence-corrected chi connectivity index (χ2v) is 9.90. The van der Waals surface area contributed by atoms with E-state index in [1.165, 1.54) is 32.7 Å². The Morgan fingerprint density at radius 3 is 1.85 bits per heavy atom. The van der Waals surface area contributed by atoms with Gasteiger partial charge in [0.1, 0.15) is 5.82 Å². The molecule has 182 valence electrons. The molecule has 6 aromatic carbocycles. The number of fused-ring (bicyclic) bond motifs is 5. The van der Waals surface area contributed by atoms with Gasteiger partial charge in [-0.05, 0) is 58.3 Å². The fourth-order valence-corrected chi connectivity index (χ4v) is 5.69. The highest BCUT2D eigenvalue weighted by Gasteiger charge is 2.19. The first-order valence-corrected chi connectivity index (χ1v) is 13.2. The van der Waals surface area contributed by atoms with Gasteiger partial charge in [-0.15, -0.1) is 0 Å². The SMILES string of the molecule is c1ccc(-c2ccc3c(c2)c2cc4ccccc4cc2n3-c2nc(-c3ccccc3)nc3ccccc23)cc1. The zero-order valence-corrected chi connectivity index (χ0v) is 21.1. The first-order chi connectivity index (χ1) is 19.3. The number of hydrogen-bond acceptors (Lipinski definition) is 2. The largest absolute Gasteiger partial charge is 0.293 e. The summed E-state index contributed by atoms with van der Waals surface area (Å²) < 4.78 is 2.32. The minimum atomic E-state index is 0.723. The third-order valence-corrected chi connectivity index (χ3v) is 7.57. The van der Waals surface area contributed by atoms with Crippen molar-refractivity contribution < 1.29 is 0 Å². The van der Waals surface area contributed by atoms with Crippen molar-refractivity contribution in [1.29, 1.82) is 0 Å². The van der Waals surface area contributed by atoms with Crippen LogP contribution in [0.4, 0.5) is 0 Å². The van der Waals surface area contributed by atoms with Crippen LogP contribution in [-0.4, -0.2) is 14.5 Å². The van der Waals surface area contributed by atoms with Gasteiger partial charge in [0, 0.05) is 21.7 Å². The van der Waals surface area contributed by atoms with E-state index in [-0.39, 0.29) is 0 Å². The summed E-state index contributed by atoms with van der Waals surface area (Å²) in [4.78, 5) is 10.2. The van der Waals surface area contributed by atoms with Crippen LogP contribution in [0.15, 0.2) is 140 Å². The first kappa shape index (κ1) is 21.8. The third kappa shape index (κ3) is 3.52. The molecule has 0 aliphatic carbocycles. The van der Waals surface area contributed by atoms with Gasteiger partial charge in [-0.1, -0.05) is 103 Å². The van der Waals surface area contributed by atoms with Crippen LogP contribution >= 0.6 is 0 Å². The zero-order chi connectivity index (χ0) is 25.8. The molecule has 0 saturated heterocycles. The quantitative estimate of drug-likeness (QED) is 0.244. The number of rotatable bonds is 3. The molecule has 0 aliphatic heterocycles. The molecule has 0 fully saturated rings. The van der Waals surface area contributed by atoms with Crippen molar-refractivity contribution in [3.63, 3.8) is 0 Å².